The second kappa shape index (κ2) is 8.06. The van der Waals surface area contributed by atoms with Crippen LogP contribution in [0.5, 0.6) is 5.75 Å². The van der Waals surface area contributed by atoms with Crippen molar-refractivity contribution in [2.45, 2.75) is 44.0 Å². The van der Waals surface area contributed by atoms with Crippen molar-refractivity contribution < 1.29 is 4.74 Å². The maximum Gasteiger partial charge on any atom is 0.138 e. The van der Waals surface area contributed by atoms with Crippen molar-refractivity contribution in [2.24, 2.45) is 0 Å². The Bertz CT molecular complexity index is 456. The summed E-state index contributed by atoms with van der Waals surface area (Å²) in [5.74, 6) is 0.961. The number of thioether (sulfide) groups is 1. The summed E-state index contributed by atoms with van der Waals surface area (Å²) in [6.07, 6.45) is 6.11. The van der Waals surface area contributed by atoms with Crippen LogP contribution in [0.4, 0.5) is 0 Å². The van der Waals surface area contributed by atoms with Gasteiger partial charge in [0.15, 0.2) is 0 Å². The van der Waals surface area contributed by atoms with E-state index in [0.29, 0.717) is 12.6 Å². The van der Waals surface area contributed by atoms with Crippen LogP contribution in [0.1, 0.15) is 31.7 Å². The second-order valence-corrected chi connectivity index (χ2v) is 7.97. The Morgan fingerprint density at radius 1 is 1.35 bits per heavy atom. The molecule has 2 atom stereocenters. The van der Waals surface area contributed by atoms with Crippen molar-refractivity contribution in [2.75, 3.05) is 12.9 Å². The minimum absolute atomic E-state index is 0.639. The van der Waals surface area contributed by atoms with E-state index in [2.05, 4.69) is 49.5 Å². The first-order valence-electron chi connectivity index (χ1n) is 7.01. The van der Waals surface area contributed by atoms with Crippen molar-refractivity contribution in [3.63, 3.8) is 0 Å². The van der Waals surface area contributed by atoms with Crippen molar-refractivity contribution in [1.29, 1.82) is 0 Å². The lowest BCUT2D eigenvalue weighted by molar-refractivity contribution is 0.332. The molecule has 0 aromatic heterocycles. The molecule has 1 saturated carbocycles. The van der Waals surface area contributed by atoms with Gasteiger partial charge < -0.3 is 10.1 Å². The Kier molecular flexibility index (Phi) is 6.72. The second-order valence-electron chi connectivity index (χ2n) is 5.06. The molecule has 1 fully saturated rings. The number of nitrogens with one attached hydrogen (secondary N) is 1. The van der Waals surface area contributed by atoms with E-state index < -0.39 is 0 Å². The highest BCUT2D eigenvalue weighted by molar-refractivity contribution is 9.11. The molecule has 2 rings (SSSR count). The third-order valence-electron chi connectivity index (χ3n) is 3.67. The number of hydrogen-bond acceptors (Lipinski definition) is 3. The number of hydrogen-bond donors (Lipinski definition) is 1. The molecule has 0 saturated heterocycles. The molecule has 0 bridgehead atoms. The zero-order chi connectivity index (χ0) is 14.5. The van der Waals surface area contributed by atoms with Gasteiger partial charge in [0.2, 0.25) is 0 Å². The summed E-state index contributed by atoms with van der Waals surface area (Å²) >= 11 is 9.14. The minimum Gasteiger partial charge on any atom is -0.492 e. The van der Waals surface area contributed by atoms with Gasteiger partial charge in [-0.25, -0.2) is 0 Å². The summed E-state index contributed by atoms with van der Waals surface area (Å²) < 4.78 is 7.86. The topological polar surface area (TPSA) is 21.3 Å². The predicted molar refractivity (Wildman–Crippen MR) is 94.8 cm³/mol. The Morgan fingerprint density at radius 3 is 2.80 bits per heavy atom. The van der Waals surface area contributed by atoms with E-state index in [1.807, 2.05) is 24.8 Å². The number of ether oxygens (including phenoxy) is 1. The fourth-order valence-corrected chi connectivity index (χ4v) is 4.87. The summed E-state index contributed by atoms with van der Waals surface area (Å²) in [7, 11) is 0. The summed E-state index contributed by atoms with van der Waals surface area (Å²) in [6.45, 7) is 3.57. The van der Waals surface area contributed by atoms with Gasteiger partial charge in [-0.2, -0.15) is 11.8 Å². The molecule has 0 radical (unpaired) electrons. The summed E-state index contributed by atoms with van der Waals surface area (Å²) in [5.41, 5.74) is 1.21. The van der Waals surface area contributed by atoms with Crippen molar-refractivity contribution in [3.05, 3.63) is 26.6 Å². The summed E-state index contributed by atoms with van der Waals surface area (Å²) in [6, 6.07) is 4.82. The first kappa shape index (κ1) is 16.7. The SMILES string of the molecule is CCOc1c(Br)cc(Br)cc1CNC1CCC(SC)C1. The molecule has 1 N–H and O–H groups in total. The Balaban J connectivity index is 2.01. The van der Waals surface area contributed by atoms with Gasteiger partial charge in [0, 0.05) is 27.9 Å². The van der Waals surface area contributed by atoms with Gasteiger partial charge >= 0.3 is 0 Å². The fraction of sp³-hybridized carbons (Fsp3) is 0.600. The maximum absolute atomic E-state index is 5.77. The number of rotatable bonds is 6. The molecule has 2 nitrogen and oxygen atoms in total. The van der Waals surface area contributed by atoms with Crippen LogP contribution in [0.3, 0.4) is 0 Å². The molecule has 0 aliphatic heterocycles. The molecular weight excluding hydrogens is 402 g/mol. The molecule has 1 aromatic carbocycles. The third-order valence-corrected chi connectivity index (χ3v) is 5.81. The number of benzene rings is 1. The van der Waals surface area contributed by atoms with Crippen LogP contribution in [-0.2, 0) is 6.54 Å². The molecule has 0 amide bonds. The molecule has 1 aliphatic rings. The van der Waals surface area contributed by atoms with E-state index in [-0.39, 0.29) is 0 Å². The zero-order valence-electron chi connectivity index (χ0n) is 11.9. The van der Waals surface area contributed by atoms with Gasteiger partial charge in [-0.15, -0.1) is 0 Å². The third kappa shape index (κ3) is 4.39. The lowest BCUT2D eigenvalue weighted by Gasteiger charge is -2.17. The fourth-order valence-electron chi connectivity index (χ4n) is 2.64. The molecule has 20 heavy (non-hydrogen) atoms. The Labute approximate surface area is 142 Å². The highest BCUT2D eigenvalue weighted by Crippen LogP contribution is 2.34. The van der Waals surface area contributed by atoms with Gasteiger partial charge in [0.25, 0.3) is 0 Å². The normalized spacial score (nSPS) is 22.2. The average Bonchev–Trinajstić information content (AvgIpc) is 2.88. The van der Waals surface area contributed by atoms with Crippen LogP contribution in [0.25, 0.3) is 0 Å². The molecule has 0 spiro atoms. The molecule has 112 valence electrons. The van der Waals surface area contributed by atoms with Crippen LogP contribution in [0.2, 0.25) is 0 Å². The monoisotopic (exact) mass is 421 g/mol. The zero-order valence-corrected chi connectivity index (χ0v) is 15.9. The first-order valence-corrected chi connectivity index (χ1v) is 9.88. The van der Waals surface area contributed by atoms with Crippen LogP contribution in [0, 0.1) is 0 Å². The smallest absolute Gasteiger partial charge is 0.138 e. The van der Waals surface area contributed by atoms with Crippen molar-refractivity contribution >= 4 is 43.6 Å². The Hall–Kier alpha value is 0.290. The highest BCUT2D eigenvalue weighted by Gasteiger charge is 2.23. The standard InChI is InChI=1S/C15H21Br2NOS/c1-3-19-15-10(6-11(16)7-14(15)17)9-18-12-4-5-13(8-12)20-2/h6-7,12-13,18H,3-5,8-9H2,1-2H3. The van der Waals surface area contributed by atoms with Crippen LogP contribution >= 0.6 is 43.6 Å². The van der Waals surface area contributed by atoms with Crippen LogP contribution < -0.4 is 10.1 Å². The molecule has 2 unspecified atom stereocenters. The minimum atomic E-state index is 0.639. The average molecular weight is 423 g/mol. The largest absolute Gasteiger partial charge is 0.492 e. The van der Waals surface area contributed by atoms with Crippen molar-refractivity contribution in [1.82, 2.24) is 5.32 Å². The molecule has 1 aliphatic carbocycles. The van der Waals surface area contributed by atoms with Gasteiger partial charge in [-0.3, -0.25) is 0 Å². The number of halogens is 2. The lowest BCUT2D eigenvalue weighted by atomic mass is 10.1. The van der Waals surface area contributed by atoms with E-state index in [1.165, 1.54) is 24.8 Å². The predicted octanol–water partition coefficient (Wildman–Crippen LogP) is 4.98. The van der Waals surface area contributed by atoms with E-state index in [1.54, 1.807) is 0 Å². The molecular formula is C15H21Br2NOS. The summed E-state index contributed by atoms with van der Waals surface area (Å²) in [4.78, 5) is 0. The highest BCUT2D eigenvalue weighted by atomic mass is 79.9. The van der Waals surface area contributed by atoms with E-state index in [0.717, 1.165) is 26.5 Å². The van der Waals surface area contributed by atoms with Gasteiger partial charge in [0.1, 0.15) is 5.75 Å². The quantitative estimate of drug-likeness (QED) is 0.697. The Morgan fingerprint density at radius 2 is 2.15 bits per heavy atom. The van der Waals surface area contributed by atoms with Gasteiger partial charge in [-0.05, 0) is 60.5 Å². The maximum atomic E-state index is 5.77. The lowest BCUT2D eigenvalue weighted by Crippen LogP contribution is -2.26. The van der Waals surface area contributed by atoms with E-state index in [9.17, 15) is 0 Å². The van der Waals surface area contributed by atoms with E-state index in [4.69, 9.17) is 4.74 Å². The first-order chi connectivity index (χ1) is 9.63. The van der Waals surface area contributed by atoms with Gasteiger partial charge in [0.05, 0.1) is 11.1 Å². The molecule has 1 aromatic rings. The van der Waals surface area contributed by atoms with Crippen LogP contribution in [-0.4, -0.2) is 24.2 Å². The van der Waals surface area contributed by atoms with Gasteiger partial charge in [-0.1, -0.05) is 15.9 Å². The van der Waals surface area contributed by atoms with E-state index >= 15 is 0 Å². The van der Waals surface area contributed by atoms with Crippen molar-refractivity contribution in [3.8, 4) is 5.75 Å². The summed E-state index contributed by atoms with van der Waals surface area (Å²) in [5, 5.41) is 4.51. The molecule has 5 heteroatoms. The van der Waals surface area contributed by atoms with Crippen LogP contribution in [0.15, 0.2) is 21.1 Å². The molecule has 0 heterocycles.